The Morgan fingerprint density at radius 2 is 2.00 bits per heavy atom. The molecule has 0 N–H and O–H groups in total. The van der Waals surface area contributed by atoms with Crippen LogP contribution >= 0.6 is 0 Å². The maximum atomic E-state index is 13.1. The van der Waals surface area contributed by atoms with Gasteiger partial charge in [-0.1, -0.05) is 50.1 Å². The minimum absolute atomic E-state index is 0.0940. The van der Waals surface area contributed by atoms with Crippen LogP contribution < -0.4 is 15.4 Å². The maximum Gasteiger partial charge on any atom is 0.367 e. The molecule has 0 aliphatic heterocycles. The van der Waals surface area contributed by atoms with E-state index < -0.39 is 28.1 Å². The smallest absolute Gasteiger partial charge is 0.367 e. The van der Waals surface area contributed by atoms with E-state index in [1.54, 1.807) is 36.4 Å². The Morgan fingerprint density at radius 3 is 2.59 bits per heavy atom. The van der Waals surface area contributed by atoms with Gasteiger partial charge in [0.2, 0.25) is 0 Å². The molecule has 1 atom stereocenters. The number of rotatable bonds is 7. The molecule has 1 aliphatic carbocycles. The monoisotopic (exact) mass is 369 g/mol. The van der Waals surface area contributed by atoms with Crippen molar-refractivity contribution in [1.29, 1.82) is 0 Å². The van der Waals surface area contributed by atoms with Crippen LogP contribution in [0.3, 0.4) is 0 Å². The lowest BCUT2D eigenvalue weighted by Crippen LogP contribution is -2.38. The Balaban J connectivity index is 2.32. The highest BCUT2D eigenvalue weighted by atomic mass is 16.6. The quantitative estimate of drug-likeness (QED) is 0.422. The van der Waals surface area contributed by atoms with Crippen LogP contribution in [0.1, 0.15) is 36.5 Å². The summed E-state index contributed by atoms with van der Waals surface area (Å²) in [5.74, 6) is -1.85. The van der Waals surface area contributed by atoms with Gasteiger partial charge < -0.3 is 9.15 Å². The Kier molecular flexibility index (Phi) is 5.21. The average molecular weight is 369 g/mol. The van der Waals surface area contributed by atoms with Gasteiger partial charge in [-0.15, -0.1) is 0 Å². The summed E-state index contributed by atoms with van der Waals surface area (Å²) in [6, 6.07) is 8.24. The van der Waals surface area contributed by atoms with E-state index in [1.165, 1.54) is 7.11 Å². The summed E-state index contributed by atoms with van der Waals surface area (Å²) < 4.78 is 10.5. The zero-order valence-electron chi connectivity index (χ0n) is 15.1. The van der Waals surface area contributed by atoms with Crippen LogP contribution in [0.5, 0.6) is 5.95 Å². The third kappa shape index (κ3) is 3.28. The molecule has 0 saturated carbocycles. The normalized spacial score (nSPS) is 15.9. The molecule has 0 saturated heterocycles. The lowest BCUT2D eigenvalue weighted by atomic mass is 9.84. The van der Waals surface area contributed by atoms with Crippen molar-refractivity contribution in [2.45, 2.75) is 26.2 Å². The summed E-state index contributed by atoms with van der Waals surface area (Å²) in [6.45, 7) is 2.00. The Morgan fingerprint density at radius 1 is 1.30 bits per heavy atom. The number of nitrogens with zero attached hydrogens (tertiary/aromatic N) is 1. The molecule has 0 amide bonds. The number of benzene rings is 1. The maximum absolute atomic E-state index is 13.1. The minimum Gasteiger partial charge on any atom is -0.463 e. The summed E-state index contributed by atoms with van der Waals surface area (Å²) in [7, 11) is 1.24. The van der Waals surface area contributed by atoms with Crippen LogP contribution in [0.2, 0.25) is 0 Å². The third-order valence-corrected chi connectivity index (χ3v) is 4.56. The first-order valence-electron chi connectivity index (χ1n) is 8.70. The summed E-state index contributed by atoms with van der Waals surface area (Å²) in [6.07, 6.45) is 3.77. The van der Waals surface area contributed by atoms with Crippen molar-refractivity contribution in [3.05, 3.63) is 56.6 Å². The fourth-order valence-corrected chi connectivity index (χ4v) is 3.25. The topological polar surface area (TPSA) is 99.7 Å². The SMILES string of the molecule is CCCCC1C=c2oc(OC)c([N+](=O)[O-])c2=C(C(=O)c2ccccc2)C1=O. The molecule has 0 spiro atoms. The first-order chi connectivity index (χ1) is 13.0. The number of furan rings is 1. The summed E-state index contributed by atoms with van der Waals surface area (Å²) >= 11 is 0. The number of ketones is 2. The number of hydrogen-bond donors (Lipinski definition) is 0. The summed E-state index contributed by atoms with van der Waals surface area (Å²) in [4.78, 5) is 37.1. The van der Waals surface area contributed by atoms with Crippen molar-refractivity contribution in [2.75, 3.05) is 7.11 Å². The molecule has 1 heterocycles. The molecule has 0 bridgehead atoms. The first kappa shape index (κ1) is 18.6. The first-order valence-corrected chi connectivity index (χ1v) is 8.70. The van der Waals surface area contributed by atoms with Crippen LogP contribution in [0, 0.1) is 16.0 Å². The predicted octanol–water partition coefficient (Wildman–Crippen LogP) is 2.40. The van der Waals surface area contributed by atoms with Gasteiger partial charge in [0.15, 0.2) is 11.6 Å². The number of carbonyl (C=O) groups excluding carboxylic acids is 2. The van der Waals surface area contributed by atoms with Crippen LogP contribution in [-0.2, 0) is 4.79 Å². The molecule has 7 nitrogen and oxygen atoms in total. The van der Waals surface area contributed by atoms with Crippen LogP contribution in [0.4, 0.5) is 5.69 Å². The number of carbonyl (C=O) groups is 2. The Bertz CT molecular complexity index is 1020. The number of ether oxygens (including phenoxy) is 1. The van der Waals surface area contributed by atoms with E-state index in [2.05, 4.69) is 0 Å². The Hall–Kier alpha value is -3.22. The lowest BCUT2D eigenvalue weighted by Gasteiger charge is -2.15. The van der Waals surface area contributed by atoms with Crippen molar-refractivity contribution < 1.29 is 23.7 Å². The van der Waals surface area contributed by atoms with E-state index in [1.807, 2.05) is 6.92 Å². The molecular weight excluding hydrogens is 350 g/mol. The highest BCUT2D eigenvalue weighted by Gasteiger charge is 2.37. The molecule has 1 aromatic heterocycles. The van der Waals surface area contributed by atoms with Gasteiger partial charge in [0.1, 0.15) is 10.6 Å². The molecule has 1 unspecified atom stereocenters. The second kappa shape index (κ2) is 7.57. The van der Waals surface area contributed by atoms with E-state index in [-0.39, 0.29) is 27.7 Å². The fourth-order valence-electron chi connectivity index (χ4n) is 3.25. The number of methoxy groups -OCH3 is 1. The molecular formula is C20H19NO6. The van der Waals surface area contributed by atoms with E-state index in [4.69, 9.17) is 9.15 Å². The van der Waals surface area contributed by atoms with Crippen molar-refractivity contribution in [2.24, 2.45) is 5.92 Å². The zero-order valence-corrected chi connectivity index (χ0v) is 15.1. The summed E-state index contributed by atoms with van der Waals surface area (Å²) in [5.41, 5.74) is -0.278. The molecule has 7 heteroatoms. The molecule has 2 aromatic rings. The van der Waals surface area contributed by atoms with E-state index >= 15 is 0 Å². The van der Waals surface area contributed by atoms with E-state index in [9.17, 15) is 19.7 Å². The largest absolute Gasteiger partial charge is 0.463 e. The van der Waals surface area contributed by atoms with Gasteiger partial charge in [0, 0.05) is 11.5 Å². The van der Waals surface area contributed by atoms with Crippen LogP contribution in [0.25, 0.3) is 11.6 Å². The predicted molar refractivity (Wildman–Crippen MR) is 97.8 cm³/mol. The van der Waals surface area contributed by atoms with Gasteiger partial charge in [-0.3, -0.25) is 19.7 Å². The van der Waals surface area contributed by atoms with Crippen molar-refractivity contribution in [1.82, 2.24) is 0 Å². The fraction of sp³-hybridized carbons (Fsp3) is 0.300. The molecule has 1 aromatic carbocycles. The number of fused-ring (bicyclic) bond motifs is 1. The molecule has 0 fully saturated rings. The van der Waals surface area contributed by atoms with Gasteiger partial charge in [-0.25, -0.2) is 0 Å². The van der Waals surface area contributed by atoms with Gasteiger partial charge >= 0.3 is 11.6 Å². The summed E-state index contributed by atoms with van der Waals surface area (Å²) in [5, 5.41) is 11.5. The molecule has 140 valence electrons. The second-order valence-corrected chi connectivity index (χ2v) is 6.29. The van der Waals surface area contributed by atoms with Gasteiger partial charge in [0.05, 0.1) is 17.6 Å². The standard InChI is InChI=1S/C20H19NO6/c1-3-4-8-13-11-14-15(17(21(24)25)20(26-2)27-14)16(19(13)23)18(22)12-9-6-5-7-10-12/h5-7,9-11,13H,3-4,8H2,1-2H3. The second-order valence-electron chi connectivity index (χ2n) is 6.29. The van der Waals surface area contributed by atoms with E-state index in [0.717, 1.165) is 12.8 Å². The number of nitro groups is 1. The zero-order chi connectivity index (χ0) is 19.6. The number of Topliss-reactive ketones (excluding diaryl/α,β-unsaturated/α-hetero) is 2. The molecule has 3 rings (SSSR count). The van der Waals surface area contributed by atoms with E-state index in [0.29, 0.717) is 6.42 Å². The van der Waals surface area contributed by atoms with Crippen LogP contribution in [0.15, 0.2) is 34.7 Å². The van der Waals surface area contributed by atoms with Crippen molar-refractivity contribution in [3.8, 4) is 5.95 Å². The van der Waals surface area contributed by atoms with Gasteiger partial charge in [0.25, 0.3) is 0 Å². The van der Waals surface area contributed by atoms with Gasteiger partial charge in [-0.2, -0.15) is 0 Å². The highest BCUT2D eigenvalue weighted by Crippen LogP contribution is 2.27. The molecule has 1 aliphatic rings. The van der Waals surface area contributed by atoms with Crippen molar-refractivity contribution >= 4 is 28.9 Å². The molecule has 27 heavy (non-hydrogen) atoms. The molecule has 0 radical (unpaired) electrons. The van der Waals surface area contributed by atoms with Crippen molar-refractivity contribution in [3.63, 3.8) is 0 Å². The highest BCUT2D eigenvalue weighted by molar-refractivity contribution is 6.47. The number of hydrogen-bond acceptors (Lipinski definition) is 6. The van der Waals surface area contributed by atoms with Gasteiger partial charge in [-0.05, 0) is 12.5 Å². The minimum atomic E-state index is -0.688. The third-order valence-electron chi connectivity index (χ3n) is 4.56. The average Bonchev–Trinajstić information content (AvgIpc) is 3.05. The number of unbranched alkanes of at least 4 members (excludes halogenated alkanes) is 1. The van der Waals surface area contributed by atoms with Crippen LogP contribution in [-0.4, -0.2) is 23.6 Å². The lowest BCUT2D eigenvalue weighted by molar-refractivity contribution is -0.387. The Labute approximate surface area is 155 Å².